The van der Waals surface area contributed by atoms with Crippen molar-refractivity contribution in [3.8, 4) is 5.75 Å². The molecule has 0 aliphatic heterocycles. The van der Waals surface area contributed by atoms with Crippen LogP contribution >= 0.6 is 0 Å². The van der Waals surface area contributed by atoms with Gasteiger partial charge in [0.1, 0.15) is 5.75 Å². The van der Waals surface area contributed by atoms with Crippen LogP contribution in [0.4, 0.5) is 0 Å². The summed E-state index contributed by atoms with van der Waals surface area (Å²) in [5.41, 5.74) is 1.17. The topological polar surface area (TPSA) is 20.2 Å². The van der Waals surface area contributed by atoms with Crippen LogP contribution in [0.25, 0.3) is 0 Å². The third-order valence-corrected chi connectivity index (χ3v) is 4.44. The van der Waals surface area contributed by atoms with Gasteiger partial charge in [0, 0.05) is 0 Å². The van der Waals surface area contributed by atoms with E-state index in [0.717, 1.165) is 0 Å². The summed E-state index contributed by atoms with van der Waals surface area (Å²) in [6.45, 7) is 4.52. The molecule has 0 bridgehead atoms. The van der Waals surface area contributed by atoms with Crippen LogP contribution in [-0.4, -0.2) is 5.11 Å². The number of benzene rings is 1. The first-order valence-corrected chi connectivity index (χ1v) is 9.07. The Morgan fingerprint density at radius 3 is 1.95 bits per heavy atom. The number of hydrogen-bond donors (Lipinski definition) is 1. The predicted molar refractivity (Wildman–Crippen MR) is 93.0 cm³/mol. The Balaban J connectivity index is 2.43. The van der Waals surface area contributed by atoms with E-state index in [1.807, 2.05) is 12.1 Å². The molecule has 0 amide bonds. The fraction of sp³-hybridized carbons (Fsp3) is 0.700. The highest BCUT2D eigenvalue weighted by atomic mass is 16.3. The molecular weight excluding hydrogens is 256 g/mol. The molecule has 1 N–H and O–H groups in total. The van der Waals surface area contributed by atoms with Crippen molar-refractivity contribution < 1.29 is 5.11 Å². The molecule has 1 aromatic carbocycles. The Morgan fingerprint density at radius 2 is 1.29 bits per heavy atom. The highest BCUT2D eigenvalue weighted by Crippen LogP contribution is 2.33. The predicted octanol–water partition coefficient (Wildman–Crippen LogP) is 6.81. The Morgan fingerprint density at radius 1 is 0.762 bits per heavy atom. The number of unbranched alkanes of at least 4 members (excludes halogenated alkanes) is 7. The normalized spacial score (nSPS) is 12.5. The average molecular weight is 290 g/mol. The maximum absolute atomic E-state index is 10.1. The molecule has 0 aromatic heterocycles. The van der Waals surface area contributed by atoms with Crippen LogP contribution in [0.3, 0.4) is 0 Å². The molecule has 0 radical (unpaired) electrons. The summed E-state index contributed by atoms with van der Waals surface area (Å²) in [6.07, 6.45) is 14.4. The first-order valence-electron chi connectivity index (χ1n) is 9.07. The minimum atomic E-state index is 0.491. The lowest BCUT2D eigenvalue weighted by atomic mass is 9.88. The van der Waals surface area contributed by atoms with Crippen LogP contribution in [-0.2, 0) is 0 Å². The van der Waals surface area contributed by atoms with Gasteiger partial charge < -0.3 is 5.11 Å². The molecule has 120 valence electrons. The molecule has 0 spiro atoms. The van der Waals surface area contributed by atoms with Gasteiger partial charge in [0.25, 0.3) is 0 Å². The molecular formula is C20H34O. The van der Waals surface area contributed by atoms with E-state index in [0.29, 0.717) is 11.7 Å². The summed E-state index contributed by atoms with van der Waals surface area (Å²) in [6, 6.07) is 7.93. The summed E-state index contributed by atoms with van der Waals surface area (Å²) in [7, 11) is 0. The van der Waals surface area contributed by atoms with Gasteiger partial charge in [0.05, 0.1) is 0 Å². The monoisotopic (exact) mass is 290 g/mol. The van der Waals surface area contributed by atoms with Crippen LogP contribution in [0.1, 0.15) is 96.0 Å². The van der Waals surface area contributed by atoms with Crippen molar-refractivity contribution in [2.45, 2.75) is 90.4 Å². The zero-order valence-electron chi connectivity index (χ0n) is 14.1. The Kier molecular flexibility index (Phi) is 10.0. The molecule has 0 saturated carbocycles. The standard InChI is InChI=1S/C20H34O/c1-3-5-7-8-9-11-15-18(14-10-6-4-2)19-16-12-13-17-20(19)21/h12-13,16-18,21H,3-11,14-15H2,1-2H3. The van der Waals surface area contributed by atoms with Gasteiger partial charge in [-0.25, -0.2) is 0 Å². The Bertz CT molecular complexity index is 359. The van der Waals surface area contributed by atoms with Gasteiger partial charge in [-0.05, 0) is 30.4 Å². The van der Waals surface area contributed by atoms with Crippen molar-refractivity contribution in [1.29, 1.82) is 0 Å². The van der Waals surface area contributed by atoms with Crippen LogP contribution in [0, 0.1) is 0 Å². The summed E-state index contributed by atoms with van der Waals surface area (Å²) < 4.78 is 0. The second-order valence-corrected chi connectivity index (χ2v) is 6.31. The minimum Gasteiger partial charge on any atom is -0.508 e. The van der Waals surface area contributed by atoms with Crippen molar-refractivity contribution in [2.24, 2.45) is 0 Å². The van der Waals surface area contributed by atoms with E-state index in [1.165, 1.54) is 76.2 Å². The molecule has 1 atom stereocenters. The molecule has 1 aromatic rings. The molecule has 0 saturated heterocycles. The summed E-state index contributed by atoms with van der Waals surface area (Å²) in [5.74, 6) is 1.04. The lowest BCUT2D eigenvalue weighted by Crippen LogP contribution is -2.00. The zero-order chi connectivity index (χ0) is 15.3. The van der Waals surface area contributed by atoms with Crippen LogP contribution in [0.2, 0.25) is 0 Å². The number of phenolic OH excluding ortho intramolecular Hbond substituents is 1. The van der Waals surface area contributed by atoms with Gasteiger partial charge in [-0.3, -0.25) is 0 Å². The van der Waals surface area contributed by atoms with Gasteiger partial charge in [-0.1, -0.05) is 89.8 Å². The fourth-order valence-electron chi connectivity index (χ4n) is 3.10. The molecule has 0 aliphatic rings. The zero-order valence-corrected chi connectivity index (χ0v) is 14.1. The van der Waals surface area contributed by atoms with Crippen molar-refractivity contribution in [3.05, 3.63) is 29.8 Å². The molecule has 1 unspecified atom stereocenters. The molecule has 0 heterocycles. The number of rotatable bonds is 12. The van der Waals surface area contributed by atoms with E-state index in [2.05, 4.69) is 26.0 Å². The lowest BCUT2D eigenvalue weighted by molar-refractivity contribution is 0.440. The van der Waals surface area contributed by atoms with E-state index < -0.39 is 0 Å². The van der Waals surface area contributed by atoms with E-state index >= 15 is 0 Å². The highest BCUT2D eigenvalue weighted by molar-refractivity contribution is 5.34. The minimum absolute atomic E-state index is 0.491. The lowest BCUT2D eigenvalue weighted by Gasteiger charge is -2.18. The quantitative estimate of drug-likeness (QED) is 0.419. The van der Waals surface area contributed by atoms with Gasteiger partial charge in [0.15, 0.2) is 0 Å². The van der Waals surface area contributed by atoms with Gasteiger partial charge in [-0.15, -0.1) is 0 Å². The van der Waals surface area contributed by atoms with E-state index in [-0.39, 0.29) is 0 Å². The van der Waals surface area contributed by atoms with E-state index in [9.17, 15) is 5.11 Å². The summed E-state index contributed by atoms with van der Waals surface area (Å²) in [4.78, 5) is 0. The second kappa shape index (κ2) is 11.7. The molecule has 21 heavy (non-hydrogen) atoms. The maximum Gasteiger partial charge on any atom is 0.119 e. The largest absolute Gasteiger partial charge is 0.508 e. The summed E-state index contributed by atoms with van der Waals surface area (Å²) in [5, 5.41) is 10.1. The molecule has 1 rings (SSSR count). The molecule has 0 fully saturated rings. The third-order valence-electron chi connectivity index (χ3n) is 4.44. The van der Waals surface area contributed by atoms with Gasteiger partial charge >= 0.3 is 0 Å². The fourth-order valence-corrected chi connectivity index (χ4v) is 3.10. The molecule has 1 nitrogen and oxygen atoms in total. The second-order valence-electron chi connectivity index (χ2n) is 6.31. The first kappa shape index (κ1) is 18.1. The highest BCUT2D eigenvalue weighted by Gasteiger charge is 2.14. The van der Waals surface area contributed by atoms with Crippen molar-refractivity contribution in [2.75, 3.05) is 0 Å². The number of phenols is 1. The van der Waals surface area contributed by atoms with Crippen LogP contribution in [0.15, 0.2) is 24.3 Å². The van der Waals surface area contributed by atoms with Crippen molar-refractivity contribution >= 4 is 0 Å². The van der Waals surface area contributed by atoms with Gasteiger partial charge in [0.2, 0.25) is 0 Å². The van der Waals surface area contributed by atoms with Crippen LogP contribution in [0.5, 0.6) is 5.75 Å². The van der Waals surface area contributed by atoms with E-state index in [1.54, 1.807) is 0 Å². The molecule has 1 heteroatoms. The average Bonchev–Trinajstić information content (AvgIpc) is 2.50. The third kappa shape index (κ3) is 7.55. The molecule has 0 aliphatic carbocycles. The SMILES string of the molecule is CCCCCCCCC(CCCCC)c1ccccc1O. The smallest absolute Gasteiger partial charge is 0.119 e. The van der Waals surface area contributed by atoms with Crippen molar-refractivity contribution in [3.63, 3.8) is 0 Å². The maximum atomic E-state index is 10.1. The number of aromatic hydroxyl groups is 1. The Labute approximate surface area is 131 Å². The Hall–Kier alpha value is -0.980. The number of hydrogen-bond acceptors (Lipinski definition) is 1. The first-order chi connectivity index (χ1) is 10.3. The summed E-state index contributed by atoms with van der Waals surface area (Å²) >= 11 is 0. The van der Waals surface area contributed by atoms with Gasteiger partial charge in [-0.2, -0.15) is 0 Å². The van der Waals surface area contributed by atoms with E-state index in [4.69, 9.17) is 0 Å². The number of para-hydroxylation sites is 1. The van der Waals surface area contributed by atoms with Crippen molar-refractivity contribution in [1.82, 2.24) is 0 Å². The van der Waals surface area contributed by atoms with Crippen LogP contribution < -0.4 is 0 Å².